The number of piperidine rings is 3. The van der Waals surface area contributed by atoms with Crippen LogP contribution in [0.1, 0.15) is 18.5 Å². The first-order valence-corrected chi connectivity index (χ1v) is 6.74. The second-order valence-corrected chi connectivity index (χ2v) is 5.48. The molecule has 0 spiro atoms. The summed E-state index contributed by atoms with van der Waals surface area (Å²) in [5, 5.41) is 3.48. The number of anilines is 1. The van der Waals surface area contributed by atoms with Gasteiger partial charge in [0, 0.05) is 12.6 Å². The fourth-order valence-electron chi connectivity index (χ4n) is 2.85. The second kappa shape index (κ2) is 4.78. The summed E-state index contributed by atoms with van der Waals surface area (Å²) in [7, 11) is 0. The van der Waals surface area contributed by atoms with Crippen molar-refractivity contribution in [2.24, 2.45) is 11.7 Å². The number of thiocarbonyl (C=S) groups is 1. The third kappa shape index (κ3) is 2.30. The lowest BCUT2D eigenvalue weighted by Gasteiger charge is -2.45. The fraction of sp³-hybridized carbons (Fsp3) is 0.583. The van der Waals surface area contributed by atoms with Crippen LogP contribution < -0.4 is 11.1 Å². The van der Waals surface area contributed by atoms with Gasteiger partial charge in [0.25, 0.3) is 0 Å². The van der Waals surface area contributed by atoms with Crippen LogP contribution in [0.25, 0.3) is 0 Å². The van der Waals surface area contributed by atoms with Crippen molar-refractivity contribution in [2.75, 3.05) is 25.0 Å². The van der Waals surface area contributed by atoms with Crippen LogP contribution in [0.15, 0.2) is 12.4 Å². The van der Waals surface area contributed by atoms with E-state index in [1.54, 1.807) is 12.4 Å². The Hall–Kier alpha value is -1.27. The van der Waals surface area contributed by atoms with Crippen LogP contribution in [0.3, 0.4) is 0 Å². The average molecular weight is 263 g/mol. The maximum absolute atomic E-state index is 5.50. The van der Waals surface area contributed by atoms with Crippen LogP contribution >= 0.6 is 12.2 Å². The summed E-state index contributed by atoms with van der Waals surface area (Å²) in [5.74, 6) is 1.58. The van der Waals surface area contributed by atoms with Crippen LogP contribution in [-0.2, 0) is 0 Å². The molecule has 2 bridgehead atoms. The SMILES string of the molecule is NC(=S)c1cnc(NC2CN3CCC2CC3)cn1. The standard InChI is InChI=1S/C12H17N5S/c13-12(18)9-5-15-11(6-14-9)16-10-7-17-3-1-8(10)2-4-17/h5-6,8,10H,1-4,7H2,(H2,13,18)(H,15,16). The lowest BCUT2D eigenvalue weighted by atomic mass is 9.84. The summed E-state index contributed by atoms with van der Waals surface area (Å²) in [5.41, 5.74) is 6.07. The summed E-state index contributed by atoms with van der Waals surface area (Å²) < 4.78 is 0. The summed E-state index contributed by atoms with van der Waals surface area (Å²) in [6, 6.07) is 0.498. The van der Waals surface area contributed by atoms with E-state index in [1.165, 1.54) is 25.9 Å². The van der Waals surface area contributed by atoms with E-state index in [0.717, 1.165) is 18.3 Å². The first kappa shape index (κ1) is 11.8. The topological polar surface area (TPSA) is 67.1 Å². The molecule has 6 heteroatoms. The molecular weight excluding hydrogens is 246 g/mol. The Kier molecular flexibility index (Phi) is 3.13. The Bertz CT molecular complexity index is 438. The van der Waals surface area contributed by atoms with Crippen molar-refractivity contribution in [1.82, 2.24) is 14.9 Å². The highest BCUT2D eigenvalue weighted by Crippen LogP contribution is 2.29. The molecule has 3 saturated heterocycles. The minimum absolute atomic E-state index is 0.289. The molecule has 3 fully saturated rings. The summed E-state index contributed by atoms with van der Waals surface area (Å²) >= 11 is 4.86. The van der Waals surface area contributed by atoms with Gasteiger partial charge in [-0.1, -0.05) is 12.2 Å². The normalized spacial score (nSPS) is 30.1. The van der Waals surface area contributed by atoms with Crippen LogP contribution in [0.2, 0.25) is 0 Å². The van der Waals surface area contributed by atoms with Gasteiger partial charge in [0.2, 0.25) is 0 Å². The van der Waals surface area contributed by atoms with Crippen molar-refractivity contribution < 1.29 is 0 Å². The zero-order chi connectivity index (χ0) is 12.5. The highest BCUT2D eigenvalue weighted by atomic mass is 32.1. The molecule has 1 atom stereocenters. The molecule has 0 saturated carbocycles. The zero-order valence-corrected chi connectivity index (χ0v) is 11.0. The van der Waals surface area contributed by atoms with E-state index in [1.807, 2.05) is 0 Å². The molecule has 1 aromatic rings. The number of rotatable bonds is 3. The van der Waals surface area contributed by atoms with Crippen LogP contribution in [0, 0.1) is 5.92 Å². The fourth-order valence-corrected chi connectivity index (χ4v) is 2.95. The molecular formula is C12H17N5S. The molecule has 0 aromatic carbocycles. The summed E-state index contributed by atoms with van der Waals surface area (Å²) in [6.45, 7) is 3.60. The maximum atomic E-state index is 5.50. The lowest BCUT2D eigenvalue weighted by molar-refractivity contribution is 0.0973. The molecule has 4 heterocycles. The van der Waals surface area contributed by atoms with Gasteiger partial charge in [-0.15, -0.1) is 0 Å². The van der Waals surface area contributed by atoms with Crippen molar-refractivity contribution in [1.29, 1.82) is 0 Å². The molecule has 0 radical (unpaired) electrons. The van der Waals surface area contributed by atoms with E-state index in [0.29, 0.717) is 11.7 Å². The molecule has 5 nitrogen and oxygen atoms in total. The van der Waals surface area contributed by atoms with E-state index in [2.05, 4.69) is 20.2 Å². The predicted molar refractivity (Wildman–Crippen MR) is 74.5 cm³/mol. The van der Waals surface area contributed by atoms with Crippen molar-refractivity contribution >= 4 is 23.0 Å². The Balaban J connectivity index is 1.67. The Morgan fingerprint density at radius 2 is 2.11 bits per heavy atom. The molecule has 3 N–H and O–H groups in total. The van der Waals surface area contributed by atoms with Crippen molar-refractivity contribution in [2.45, 2.75) is 18.9 Å². The van der Waals surface area contributed by atoms with Gasteiger partial charge < -0.3 is 16.0 Å². The molecule has 96 valence electrons. The molecule has 4 rings (SSSR count). The van der Waals surface area contributed by atoms with Gasteiger partial charge in [0.1, 0.15) is 16.5 Å². The van der Waals surface area contributed by atoms with Crippen molar-refractivity contribution in [3.8, 4) is 0 Å². The van der Waals surface area contributed by atoms with E-state index < -0.39 is 0 Å². The zero-order valence-electron chi connectivity index (χ0n) is 10.2. The number of hydrogen-bond acceptors (Lipinski definition) is 5. The molecule has 18 heavy (non-hydrogen) atoms. The second-order valence-electron chi connectivity index (χ2n) is 5.04. The molecule has 1 unspecified atom stereocenters. The minimum Gasteiger partial charge on any atom is -0.388 e. The molecule has 3 aliphatic rings. The van der Waals surface area contributed by atoms with Gasteiger partial charge in [0.05, 0.1) is 12.4 Å². The quantitative estimate of drug-likeness (QED) is 0.779. The molecule has 0 amide bonds. The van der Waals surface area contributed by atoms with Gasteiger partial charge >= 0.3 is 0 Å². The monoisotopic (exact) mass is 263 g/mol. The number of nitrogens with two attached hydrogens (primary N) is 1. The minimum atomic E-state index is 0.289. The molecule has 3 aliphatic heterocycles. The Morgan fingerprint density at radius 1 is 1.33 bits per heavy atom. The third-order valence-electron chi connectivity index (χ3n) is 3.89. The van der Waals surface area contributed by atoms with E-state index >= 15 is 0 Å². The largest absolute Gasteiger partial charge is 0.388 e. The predicted octanol–water partition coefficient (Wildman–Crippen LogP) is 0.617. The average Bonchev–Trinajstić information content (AvgIpc) is 2.41. The van der Waals surface area contributed by atoms with Gasteiger partial charge in [-0.05, 0) is 31.8 Å². The van der Waals surface area contributed by atoms with E-state index in [9.17, 15) is 0 Å². The first-order valence-electron chi connectivity index (χ1n) is 6.33. The van der Waals surface area contributed by atoms with Gasteiger partial charge in [-0.3, -0.25) is 0 Å². The maximum Gasteiger partial charge on any atom is 0.144 e. The van der Waals surface area contributed by atoms with Gasteiger partial charge in [-0.2, -0.15) is 0 Å². The van der Waals surface area contributed by atoms with Gasteiger partial charge in [0.15, 0.2) is 0 Å². The number of nitrogens with one attached hydrogen (secondary N) is 1. The third-order valence-corrected chi connectivity index (χ3v) is 4.10. The van der Waals surface area contributed by atoms with Crippen LogP contribution in [0.5, 0.6) is 0 Å². The van der Waals surface area contributed by atoms with Crippen molar-refractivity contribution in [3.63, 3.8) is 0 Å². The number of hydrogen-bond donors (Lipinski definition) is 2. The van der Waals surface area contributed by atoms with E-state index in [4.69, 9.17) is 18.0 Å². The highest BCUT2D eigenvalue weighted by Gasteiger charge is 2.34. The lowest BCUT2D eigenvalue weighted by Crippen LogP contribution is -2.53. The van der Waals surface area contributed by atoms with Crippen LogP contribution in [0.4, 0.5) is 5.82 Å². The molecule has 1 aromatic heterocycles. The number of nitrogens with zero attached hydrogens (tertiary/aromatic N) is 3. The number of fused-ring (bicyclic) bond motifs is 3. The van der Waals surface area contributed by atoms with Crippen LogP contribution in [-0.4, -0.2) is 45.5 Å². The Morgan fingerprint density at radius 3 is 2.61 bits per heavy atom. The summed E-state index contributed by atoms with van der Waals surface area (Å²) in [6.07, 6.45) is 5.92. The Labute approximate surface area is 112 Å². The summed E-state index contributed by atoms with van der Waals surface area (Å²) in [4.78, 5) is 11.3. The van der Waals surface area contributed by atoms with E-state index in [-0.39, 0.29) is 4.99 Å². The highest BCUT2D eigenvalue weighted by molar-refractivity contribution is 7.80. The van der Waals surface area contributed by atoms with Crippen molar-refractivity contribution in [3.05, 3.63) is 18.1 Å². The number of aromatic nitrogens is 2. The smallest absolute Gasteiger partial charge is 0.144 e. The first-order chi connectivity index (χ1) is 8.72. The molecule has 0 aliphatic carbocycles. The van der Waals surface area contributed by atoms with Gasteiger partial charge in [-0.25, -0.2) is 9.97 Å².